The molecule has 25 heavy (non-hydrogen) atoms. The van der Waals surface area contributed by atoms with Crippen LogP contribution in [0.5, 0.6) is 5.88 Å². The molecule has 0 radical (unpaired) electrons. The lowest BCUT2D eigenvalue weighted by Gasteiger charge is -2.14. The first-order valence-corrected chi connectivity index (χ1v) is 8.05. The Hall–Kier alpha value is -3.15. The molecule has 1 N–H and O–H groups in total. The number of aromatic nitrogens is 3. The van der Waals surface area contributed by atoms with E-state index in [-0.39, 0.29) is 5.91 Å². The molecule has 0 aliphatic rings. The van der Waals surface area contributed by atoms with Crippen LogP contribution >= 0.6 is 0 Å². The van der Waals surface area contributed by atoms with Gasteiger partial charge in [0.2, 0.25) is 5.88 Å². The van der Waals surface area contributed by atoms with E-state index in [9.17, 15) is 4.79 Å². The predicted molar refractivity (Wildman–Crippen MR) is 96.0 cm³/mol. The van der Waals surface area contributed by atoms with E-state index >= 15 is 0 Å². The van der Waals surface area contributed by atoms with Crippen LogP contribution in [0, 0.1) is 13.8 Å². The number of hydrogen-bond acceptors (Lipinski definition) is 4. The van der Waals surface area contributed by atoms with Gasteiger partial charge in [-0.15, -0.1) is 5.10 Å². The van der Waals surface area contributed by atoms with Crippen LogP contribution in [-0.4, -0.2) is 26.8 Å². The normalized spacial score (nSPS) is 11.8. The summed E-state index contributed by atoms with van der Waals surface area (Å²) in [6, 6.07) is 13.3. The van der Waals surface area contributed by atoms with Crippen LogP contribution in [0.3, 0.4) is 0 Å². The van der Waals surface area contributed by atoms with Crippen LogP contribution < -0.4 is 10.1 Å². The molecule has 2 aromatic heterocycles. The Morgan fingerprint density at radius 2 is 1.92 bits per heavy atom. The zero-order chi connectivity index (χ0) is 17.8. The van der Waals surface area contributed by atoms with E-state index in [1.54, 1.807) is 23.9 Å². The van der Waals surface area contributed by atoms with Gasteiger partial charge in [-0.3, -0.25) is 9.78 Å². The standard InChI is InChI=1S/C19H20N4O2/c1-13-12-23(16-8-5-4-6-9-16)22-19(13)25-15(3)18(24)21-17-10-7-11-20-14(17)2/h4-12,15H,1-3H3,(H,21,24). The third-order valence-corrected chi connectivity index (χ3v) is 3.80. The number of rotatable bonds is 5. The summed E-state index contributed by atoms with van der Waals surface area (Å²) in [5, 5.41) is 7.26. The quantitative estimate of drug-likeness (QED) is 0.776. The summed E-state index contributed by atoms with van der Waals surface area (Å²) in [6.07, 6.45) is 2.88. The van der Waals surface area contributed by atoms with Crippen molar-refractivity contribution in [1.29, 1.82) is 0 Å². The number of anilines is 1. The molecule has 0 aliphatic heterocycles. The van der Waals surface area contributed by atoms with Crippen molar-refractivity contribution in [1.82, 2.24) is 14.8 Å². The fourth-order valence-electron chi connectivity index (χ4n) is 2.35. The number of hydrogen-bond donors (Lipinski definition) is 1. The fourth-order valence-corrected chi connectivity index (χ4v) is 2.35. The van der Waals surface area contributed by atoms with Crippen LogP contribution in [0.25, 0.3) is 5.69 Å². The highest BCUT2D eigenvalue weighted by molar-refractivity contribution is 5.94. The van der Waals surface area contributed by atoms with E-state index < -0.39 is 6.10 Å². The van der Waals surface area contributed by atoms with Crippen LogP contribution in [0.15, 0.2) is 54.9 Å². The second-order valence-corrected chi connectivity index (χ2v) is 5.78. The third-order valence-electron chi connectivity index (χ3n) is 3.80. The number of pyridine rings is 1. The minimum atomic E-state index is -0.683. The van der Waals surface area contributed by atoms with Gasteiger partial charge < -0.3 is 10.1 Å². The first-order valence-electron chi connectivity index (χ1n) is 8.05. The Bertz CT molecular complexity index is 874. The van der Waals surface area contributed by atoms with Gasteiger partial charge in [0.05, 0.1) is 17.1 Å². The van der Waals surface area contributed by atoms with E-state index in [2.05, 4.69) is 15.4 Å². The highest BCUT2D eigenvalue weighted by Crippen LogP contribution is 2.19. The molecule has 128 valence electrons. The average Bonchev–Trinajstić information content (AvgIpc) is 2.98. The zero-order valence-electron chi connectivity index (χ0n) is 14.4. The van der Waals surface area contributed by atoms with Crippen molar-refractivity contribution in [2.45, 2.75) is 26.9 Å². The molecule has 2 heterocycles. The maximum Gasteiger partial charge on any atom is 0.265 e. The monoisotopic (exact) mass is 336 g/mol. The van der Waals surface area contributed by atoms with Crippen molar-refractivity contribution >= 4 is 11.6 Å². The summed E-state index contributed by atoms with van der Waals surface area (Å²) in [6.45, 7) is 5.44. The molecule has 0 saturated heterocycles. The van der Waals surface area contributed by atoms with Gasteiger partial charge in [0, 0.05) is 18.0 Å². The van der Waals surface area contributed by atoms with Gasteiger partial charge in [-0.05, 0) is 45.0 Å². The summed E-state index contributed by atoms with van der Waals surface area (Å²) in [5.74, 6) is 0.194. The molecule has 6 nitrogen and oxygen atoms in total. The summed E-state index contributed by atoms with van der Waals surface area (Å²) in [5.41, 5.74) is 3.23. The first kappa shape index (κ1) is 16.7. The number of nitrogens with one attached hydrogen (secondary N) is 1. The minimum Gasteiger partial charge on any atom is -0.463 e. The maximum atomic E-state index is 12.4. The van der Waals surface area contributed by atoms with Crippen molar-refractivity contribution in [2.75, 3.05) is 5.32 Å². The predicted octanol–water partition coefficient (Wildman–Crippen LogP) is 3.29. The fraction of sp³-hybridized carbons (Fsp3) is 0.211. The smallest absolute Gasteiger partial charge is 0.265 e. The number of aryl methyl sites for hydroxylation is 2. The summed E-state index contributed by atoms with van der Waals surface area (Å²) in [4.78, 5) is 16.5. The summed E-state index contributed by atoms with van der Waals surface area (Å²) < 4.78 is 7.49. The molecule has 0 aliphatic carbocycles. The highest BCUT2D eigenvalue weighted by atomic mass is 16.5. The lowest BCUT2D eigenvalue weighted by molar-refractivity contribution is -0.122. The topological polar surface area (TPSA) is 69.0 Å². The Morgan fingerprint density at radius 1 is 1.16 bits per heavy atom. The van der Waals surface area contributed by atoms with E-state index in [0.29, 0.717) is 11.6 Å². The first-order chi connectivity index (χ1) is 12.0. The molecule has 0 fully saturated rings. The number of carbonyl (C=O) groups excluding carboxylic acids is 1. The molecule has 3 aromatic rings. The van der Waals surface area contributed by atoms with Crippen LogP contribution in [-0.2, 0) is 4.79 Å². The third kappa shape index (κ3) is 3.85. The molecule has 3 rings (SSSR count). The number of amides is 1. The van der Waals surface area contributed by atoms with Gasteiger partial charge in [0.1, 0.15) is 0 Å². The maximum absolute atomic E-state index is 12.4. The molecule has 6 heteroatoms. The molecule has 0 spiro atoms. The molecular formula is C19H20N4O2. The van der Waals surface area contributed by atoms with Crippen molar-refractivity contribution in [3.8, 4) is 11.6 Å². The molecule has 0 saturated carbocycles. The largest absolute Gasteiger partial charge is 0.463 e. The van der Waals surface area contributed by atoms with Gasteiger partial charge in [-0.25, -0.2) is 4.68 Å². The van der Waals surface area contributed by atoms with E-state index in [1.165, 1.54) is 0 Å². The number of carbonyl (C=O) groups is 1. The van der Waals surface area contributed by atoms with E-state index in [4.69, 9.17) is 4.74 Å². The molecule has 1 atom stereocenters. The lowest BCUT2D eigenvalue weighted by atomic mass is 10.3. The molecule has 1 aromatic carbocycles. The zero-order valence-corrected chi connectivity index (χ0v) is 14.4. The van der Waals surface area contributed by atoms with Gasteiger partial charge >= 0.3 is 0 Å². The highest BCUT2D eigenvalue weighted by Gasteiger charge is 2.19. The van der Waals surface area contributed by atoms with Crippen LogP contribution in [0.1, 0.15) is 18.2 Å². The minimum absolute atomic E-state index is 0.246. The molecular weight excluding hydrogens is 316 g/mol. The van der Waals surface area contributed by atoms with Gasteiger partial charge in [0.15, 0.2) is 6.10 Å². The van der Waals surface area contributed by atoms with E-state index in [1.807, 2.05) is 56.4 Å². The summed E-state index contributed by atoms with van der Waals surface area (Å²) >= 11 is 0. The van der Waals surface area contributed by atoms with Gasteiger partial charge in [-0.1, -0.05) is 18.2 Å². The Morgan fingerprint density at radius 3 is 2.64 bits per heavy atom. The number of nitrogens with zero attached hydrogens (tertiary/aromatic N) is 3. The number of ether oxygens (including phenoxy) is 1. The van der Waals surface area contributed by atoms with Crippen molar-refractivity contribution < 1.29 is 9.53 Å². The SMILES string of the molecule is Cc1cn(-c2ccccc2)nc1OC(C)C(=O)Nc1cccnc1C. The van der Waals surface area contributed by atoms with Gasteiger partial charge in [-0.2, -0.15) is 0 Å². The second-order valence-electron chi connectivity index (χ2n) is 5.78. The Labute approximate surface area is 146 Å². The number of para-hydroxylation sites is 1. The van der Waals surface area contributed by atoms with E-state index in [0.717, 1.165) is 16.9 Å². The van der Waals surface area contributed by atoms with Crippen LogP contribution in [0.4, 0.5) is 5.69 Å². The molecule has 1 unspecified atom stereocenters. The lowest BCUT2D eigenvalue weighted by Crippen LogP contribution is -2.30. The van der Waals surface area contributed by atoms with Crippen molar-refractivity contribution in [3.05, 3.63) is 66.1 Å². The van der Waals surface area contributed by atoms with Crippen LogP contribution in [0.2, 0.25) is 0 Å². The molecule has 0 bridgehead atoms. The Kier molecular flexibility index (Phi) is 4.79. The van der Waals surface area contributed by atoms with Gasteiger partial charge in [0.25, 0.3) is 5.91 Å². The average molecular weight is 336 g/mol. The summed E-state index contributed by atoms with van der Waals surface area (Å²) in [7, 11) is 0. The Balaban J connectivity index is 1.71. The van der Waals surface area contributed by atoms with Crippen molar-refractivity contribution in [2.24, 2.45) is 0 Å². The number of benzene rings is 1. The molecule has 1 amide bonds. The second kappa shape index (κ2) is 7.17. The van der Waals surface area contributed by atoms with Crippen molar-refractivity contribution in [3.63, 3.8) is 0 Å².